The second-order valence-electron chi connectivity index (χ2n) is 5.37. The minimum atomic E-state index is -4.44. The largest absolute Gasteiger partial charge is 0.473 e. The predicted molar refractivity (Wildman–Crippen MR) is 86.9 cm³/mol. The summed E-state index contributed by atoms with van der Waals surface area (Å²) in [5.41, 5.74) is -0.344. The third kappa shape index (κ3) is 4.14. The Hall–Kier alpha value is -2.47. The first-order chi connectivity index (χ1) is 11.9. The second-order valence-corrected chi connectivity index (χ2v) is 6.16. The summed E-state index contributed by atoms with van der Waals surface area (Å²) in [7, 11) is 0. The lowest BCUT2D eigenvalue weighted by atomic mass is 10.2. The molecule has 1 aliphatic rings. The van der Waals surface area contributed by atoms with Crippen LogP contribution in [0, 0.1) is 11.3 Å². The number of aromatic nitrogens is 2. The summed E-state index contributed by atoms with van der Waals surface area (Å²) in [6, 6.07) is 6.76. The lowest BCUT2D eigenvalue weighted by Gasteiger charge is -2.13. The van der Waals surface area contributed by atoms with Gasteiger partial charge in [0.25, 0.3) is 0 Å². The minimum Gasteiger partial charge on any atom is -0.473 e. The molecule has 0 unspecified atom stereocenters. The molecular formula is C16H13F3N4OS. The minimum absolute atomic E-state index is 0.0260. The molecule has 2 aromatic rings. The van der Waals surface area contributed by atoms with E-state index >= 15 is 0 Å². The third-order valence-electron chi connectivity index (χ3n) is 3.40. The maximum absolute atomic E-state index is 12.8. The number of nitrogens with one attached hydrogen (secondary N) is 1. The van der Waals surface area contributed by atoms with Gasteiger partial charge in [0.05, 0.1) is 5.56 Å². The van der Waals surface area contributed by atoms with Crippen molar-refractivity contribution in [3.05, 3.63) is 35.4 Å². The number of thioether (sulfide) groups is 1. The van der Waals surface area contributed by atoms with Gasteiger partial charge in [0, 0.05) is 5.69 Å². The quantitative estimate of drug-likeness (QED) is 0.626. The smallest absolute Gasteiger partial charge is 0.416 e. The van der Waals surface area contributed by atoms with Crippen LogP contribution in [0.3, 0.4) is 0 Å². The molecule has 5 nitrogen and oxygen atoms in total. The number of hydrogen-bond donors (Lipinski definition) is 1. The van der Waals surface area contributed by atoms with E-state index < -0.39 is 11.7 Å². The molecule has 1 aromatic heterocycles. The van der Waals surface area contributed by atoms with Gasteiger partial charge in [0.15, 0.2) is 0 Å². The van der Waals surface area contributed by atoms with Crippen molar-refractivity contribution in [1.82, 2.24) is 9.97 Å². The number of rotatable bonds is 5. The van der Waals surface area contributed by atoms with Crippen molar-refractivity contribution in [2.45, 2.75) is 30.1 Å². The summed E-state index contributed by atoms with van der Waals surface area (Å²) in [4.78, 5) is 8.35. The lowest BCUT2D eigenvalue weighted by molar-refractivity contribution is -0.137. The van der Waals surface area contributed by atoms with Gasteiger partial charge in [-0.1, -0.05) is 6.07 Å². The van der Waals surface area contributed by atoms with Crippen LogP contribution in [0.2, 0.25) is 0 Å². The summed E-state index contributed by atoms with van der Waals surface area (Å²) in [6.07, 6.45) is -0.885. The van der Waals surface area contributed by atoms with Gasteiger partial charge >= 0.3 is 6.18 Å². The van der Waals surface area contributed by atoms with E-state index in [0.29, 0.717) is 5.03 Å². The fourth-order valence-corrected chi connectivity index (χ4v) is 2.57. The molecule has 0 aliphatic heterocycles. The molecule has 3 rings (SSSR count). The number of halogens is 3. The van der Waals surface area contributed by atoms with Gasteiger partial charge in [-0.25, -0.2) is 4.98 Å². The summed E-state index contributed by atoms with van der Waals surface area (Å²) in [5.74, 6) is 0.233. The summed E-state index contributed by atoms with van der Waals surface area (Å²) in [6.45, 7) is 0. The molecule has 0 bridgehead atoms. The van der Waals surface area contributed by atoms with Crippen molar-refractivity contribution >= 4 is 23.4 Å². The zero-order valence-electron chi connectivity index (χ0n) is 13.1. The van der Waals surface area contributed by atoms with Crippen LogP contribution in [0.5, 0.6) is 5.88 Å². The molecule has 0 saturated heterocycles. The highest BCUT2D eigenvalue weighted by atomic mass is 32.2. The van der Waals surface area contributed by atoms with Crippen LogP contribution < -0.4 is 10.1 Å². The molecule has 0 spiro atoms. The summed E-state index contributed by atoms with van der Waals surface area (Å²) >= 11 is 1.24. The van der Waals surface area contributed by atoms with E-state index in [9.17, 15) is 18.4 Å². The van der Waals surface area contributed by atoms with Crippen LogP contribution >= 0.6 is 11.8 Å². The Balaban J connectivity index is 1.93. The molecule has 1 aromatic carbocycles. The number of benzene rings is 1. The maximum atomic E-state index is 12.8. The first-order valence-corrected chi connectivity index (χ1v) is 8.60. The molecule has 1 N–H and O–H groups in total. The number of alkyl halides is 3. The average Bonchev–Trinajstić information content (AvgIpc) is 3.38. The van der Waals surface area contributed by atoms with Crippen molar-refractivity contribution in [1.29, 1.82) is 5.26 Å². The maximum Gasteiger partial charge on any atom is 0.416 e. The molecule has 25 heavy (non-hydrogen) atoms. The molecule has 0 amide bonds. The Labute approximate surface area is 146 Å². The highest BCUT2D eigenvalue weighted by molar-refractivity contribution is 7.98. The average molecular weight is 366 g/mol. The fourth-order valence-electron chi connectivity index (χ4n) is 2.05. The van der Waals surface area contributed by atoms with Gasteiger partial charge in [-0.15, -0.1) is 11.8 Å². The van der Waals surface area contributed by atoms with Gasteiger partial charge in [-0.2, -0.15) is 23.4 Å². The molecule has 1 saturated carbocycles. The monoisotopic (exact) mass is 366 g/mol. The van der Waals surface area contributed by atoms with Crippen molar-refractivity contribution in [2.75, 3.05) is 11.6 Å². The van der Waals surface area contributed by atoms with Crippen molar-refractivity contribution in [3.63, 3.8) is 0 Å². The Morgan fingerprint density at radius 1 is 1.32 bits per heavy atom. The molecule has 0 atom stereocenters. The van der Waals surface area contributed by atoms with Crippen LogP contribution in [0.25, 0.3) is 0 Å². The topological polar surface area (TPSA) is 70.8 Å². The molecule has 130 valence electrons. The molecule has 1 heterocycles. The van der Waals surface area contributed by atoms with E-state index in [4.69, 9.17) is 4.74 Å². The first kappa shape index (κ1) is 17.4. The molecule has 0 radical (unpaired) electrons. The number of hydrogen-bond acceptors (Lipinski definition) is 6. The molecule has 1 fully saturated rings. The standard InChI is InChI=1S/C16H13F3N4OS/c1-25-14-12(8-20)13(24-11-5-6-11)22-15(23-14)21-10-4-2-3-9(7-10)16(17,18)19/h2-4,7,11H,5-6H2,1H3,(H,21,22,23). The summed E-state index contributed by atoms with van der Waals surface area (Å²) in [5, 5.41) is 12.5. The van der Waals surface area contributed by atoms with Crippen molar-refractivity contribution < 1.29 is 17.9 Å². The van der Waals surface area contributed by atoms with Gasteiger partial charge in [0.2, 0.25) is 11.8 Å². The van der Waals surface area contributed by atoms with E-state index in [0.717, 1.165) is 25.0 Å². The van der Waals surface area contributed by atoms with E-state index in [1.807, 2.05) is 6.07 Å². The molecule has 9 heteroatoms. The van der Waals surface area contributed by atoms with E-state index in [1.54, 1.807) is 6.26 Å². The Morgan fingerprint density at radius 3 is 2.68 bits per heavy atom. The fraction of sp³-hybridized carbons (Fsp3) is 0.312. The highest BCUT2D eigenvalue weighted by Crippen LogP contribution is 2.34. The highest BCUT2D eigenvalue weighted by Gasteiger charge is 2.30. The molecular weight excluding hydrogens is 353 g/mol. The van der Waals surface area contributed by atoms with E-state index in [2.05, 4.69) is 15.3 Å². The summed E-state index contributed by atoms with van der Waals surface area (Å²) < 4.78 is 44.1. The van der Waals surface area contributed by atoms with Crippen LogP contribution in [0.15, 0.2) is 29.3 Å². The molecule has 1 aliphatic carbocycles. The van der Waals surface area contributed by atoms with Crippen LogP contribution in [-0.2, 0) is 6.18 Å². The SMILES string of the molecule is CSc1nc(Nc2cccc(C(F)(F)F)c2)nc(OC2CC2)c1C#N. The van der Waals surface area contributed by atoms with Crippen molar-refractivity contribution in [3.8, 4) is 11.9 Å². The zero-order valence-corrected chi connectivity index (χ0v) is 13.9. The number of nitrogens with zero attached hydrogens (tertiary/aromatic N) is 3. The lowest BCUT2D eigenvalue weighted by Crippen LogP contribution is -2.08. The number of ether oxygens (including phenoxy) is 1. The van der Waals surface area contributed by atoms with Gasteiger partial charge in [0.1, 0.15) is 22.8 Å². The van der Waals surface area contributed by atoms with Gasteiger partial charge in [-0.3, -0.25) is 0 Å². The number of nitriles is 1. The van der Waals surface area contributed by atoms with Crippen LogP contribution in [-0.4, -0.2) is 22.3 Å². The van der Waals surface area contributed by atoms with Gasteiger partial charge in [-0.05, 0) is 37.3 Å². The van der Waals surface area contributed by atoms with Crippen LogP contribution in [0.4, 0.5) is 24.8 Å². The Bertz CT molecular complexity index is 831. The first-order valence-electron chi connectivity index (χ1n) is 7.38. The van der Waals surface area contributed by atoms with Gasteiger partial charge < -0.3 is 10.1 Å². The van der Waals surface area contributed by atoms with Crippen LogP contribution in [0.1, 0.15) is 24.0 Å². The van der Waals surface area contributed by atoms with E-state index in [-0.39, 0.29) is 29.2 Å². The Morgan fingerprint density at radius 2 is 2.08 bits per heavy atom. The predicted octanol–water partition coefficient (Wildman–Crippen LogP) is 4.37. The third-order valence-corrected chi connectivity index (χ3v) is 4.08. The second kappa shape index (κ2) is 6.80. The number of anilines is 2. The Kier molecular flexibility index (Phi) is 4.72. The van der Waals surface area contributed by atoms with Crippen molar-refractivity contribution in [2.24, 2.45) is 0 Å². The normalized spacial score (nSPS) is 14.0. The zero-order chi connectivity index (χ0) is 18.0. The van der Waals surface area contributed by atoms with E-state index in [1.165, 1.54) is 23.9 Å².